The highest BCUT2D eigenvalue weighted by Crippen LogP contribution is 2.16. The highest BCUT2D eigenvalue weighted by molar-refractivity contribution is 6.03. The fourth-order valence-corrected chi connectivity index (χ4v) is 2.41. The van der Waals surface area contributed by atoms with Gasteiger partial charge in [-0.1, -0.05) is 12.1 Å². The second-order valence-corrected chi connectivity index (χ2v) is 5.53. The number of benzene rings is 2. The fraction of sp³-hybridized carbons (Fsp3) is 0.105. The molecule has 0 saturated carbocycles. The molecule has 1 aromatic heterocycles. The molecular formula is C19H14FNO5. The van der Waals surface area contributed by atoms with Crippen LogP contribution in [-0.2, 0) is 16.0 Å². The first-order chi connectivity index (χ1) is 12.5. The van der Waals surface area contributed by atoms with E-state index in [1.165, 1.54) is 19.2 Å². The van der Waals surface area contributed by atoms with Crippen LogP contribution in [0.4, 0.5) is 10.1 Å². The van der Waals surface area contributed by atoms with Crippen molar-refractivity contribution in [3.8, 4) is 0 Å². The zero-order chi connectivity index (χ0) is 18.7. The molecule has 3 rings (SSSR count). The second kappa shape index (κ2) is 7.18. The van der Waals surface area contributed by atoms with E-state index < -0.39 is 17.3 Å². The Balaban J connectivity index is 1.80. The monoisotopic (exact) mass is 355 g/mol. The average Bonchev–Trinajstić information content (AvgIpc) is 2.62. The van der Waals surface area contributed by atoms with Crippen LogP contribution in [0.2, 0.25) is 0 Å². The van der Waals surface area contributed by atoms with Gasteiger partial charge in [-0.25, -0.2) is 9.18 Å². The van der Waals surface area contributed by atoms with Crippen LogP contribution in [0.3, 0.4) is 0 Å². The Morgan fingerprint density at radius 1 is 1.12 bits per heavy atom. The van der Waals surface area contributed by atoms with E-state index in [2.05, 4.69) is 10.1 Å². The molecule has 2 aromatic carbocycles. The maximum absolute atomic E-state index is 13.3. The zero-order valence-electron chi connectivity index (χ0n) is 13.7. The van der Waals surface area contributed by atoms with E-state index in [0.717, 1.165) is 17.7 Å². The number of amides is 1. The number of fused-ring (bicyclic) bond motifs is 1. The SMILES string of the molecule is COC(=O)Cc1ccc(NC(=O)c2cc3cc(F)ccc3c(=O)o2)cc1. The van der Waals surface area contributed by atoms with Crippen molar-refractivity contribution in [2.75, 3.05) is 12.4 Å². The molecule has 0 atom stereocenters. The number of nitrogens with one attached hydrogen (secondary N) is 1. The van der Waals surface area contributed by atoms with Crippen LogP contribution in [-0.4, -0.2) is 19.0 Å². The van der Waals surface area contributed by atoms with Crippen LogP contribution in [0.5, 0.6) is 0 Å². The molecule has 0 aliphatic carbocycles. The molecule has 132 valence electrons. The first kappa shape index (κ1) is 17.3. The van der Waals surface area contributed by atoms with Crippen molar-refractivity contribution in [3.05, 3.63) is 76.1 Å². The zero-order valence-corrected chi connectivity index (χ0v) is 13.7. The van der Waals surface area contributed by atoms with E-state index in [9.17, 15) is 18.8 Å². The molecule has 1 heterocycles. The van der Waals surface area contributed by atoms with Crippen LogP contribution >= 0.6 is 0 Å². The number of ether oxygens (including phenoxy) is 1. The first-order valence-corrected chi connectivity index (χ1v) is 7.67. The van der Waals surface area contributed by atoms with E-state index in [-0.39, 0.29) is 28.9 Å². The summed E-state index contributed by atoms with van der Waals surface area (Å²) in [6.45, 7) is 0. The van der Waals surface area contributed by atoms with Crippen molar-refractivity contribution in [3.63, 3.8) is 0 Å². The molecule has 0 aliphatic rings. The lowest BCUT2D eigenvalue weighted by molar-refractivity contribution is -0.139. The predicted octanol–water partition coefficient (Wildman–Crippen LogP) is 2.90. The van der Waals surface area contributed by atoms with Gasteiger partial charge in [0.05, 0.1) is 18.9 Å². The quantitative estimate of drug-likeness (QED) is 0.728. The maximum Gasteiger partial charge on any atom is 0.344 e. The largest absolute Gasteiger partial charge is 0.469 e. The minimum Gasteiger partial charge on any atom is -0.469 e. The molecule has 1 amide bonds. The number of carbonyl (C=O) groups excluding carboxylic acids is 2. The topological polar surface area (TPSA) is 85.6 Å². The lowest BCUT2D eigenvalue weighted by atomic mass is 10.1. The first-order valence-electron chi connectivity index (χ1n) is 7.67. The Morgan fingerprint density at radius 3 is 2.54 bits per heavy atom. The fourth-order valence-electron chi connectivity index (χ4n) is 2.41. The molecule has 1 N–H and O–H groups in total. The molecule has 0 unspecified atom stereocenters. The van der Waals surface area contributed by atoms with Crippen molar-refractivity contribution in [2.45, 2.75) is 6.42 Å². The summed E-state index contributed by atoms with van der Waals surface area (Å²) in [5, 5.41) is 3.05. The number of hydrogen-bond acceptors (Lipinski definition) is 5. The van der Waals surface area contributed by atoms with Gasteiger partial charge < -0.3 is 14.5 Å². The number of methoxy groups -OCH3 is 1. The third-order valence-electron chi connectivity index (χ3n) is 3.73. The van der Waals surface area contributed by atoms with Crippen LogP contribution in [0.25, 0.3) is 10.8 Å². The number of halogens is 1. The van der Waals surface area contributed by atoms with Gasteiger partial charge in [-0.2, -0.15) is 0 Å². The highest BCUT2D eigenvalue weighted by Gasteiger charge is 2.13. The van der Waals surface area contributed by atoms with Gasteiger partial charge in [-0.05, 0) is 47.3 Å². The summed E-state index contributed by atoms with van der Waals surface area (Å²) in [7, 11) is 1.31. The highest BCUT2D eigenvalue weighted by atomic mass is 19.1. The Bertz CT molecular complexity index is 1040. The van der Waals surface area contributed by atoms with Gasteiger partial charge in [0.25, 0.3) is 5.91 Å². The van der Waals surface area contributed by atoms with E-state index >= 15 is 0 Å². The Labute approximate surface area is 147 Å². The smallest absolute Gasteiger partial charge is 0.344 e. The van der Waals surface area contributed by atoms with Crippen LogP contribution in [0.1, 0.15) is 16.1 Å². The summed E-state index contributed by atoms with van der Waals surface area (Å²) in [4.78, 5) is 35.5. The van der Waals surface area contributed by atoms with Gasteiger partial charge in [-0.15, -0.1) is 0 Å². The maximum atomic E-state index is 13.3. The molecule has 0 saturated heterocycles. The van der Waals surface area contributed by atoms with Crippen LogP contribution in [0, 0.1) is 5.82 Å². The van der Waals surface area contributed by atoms with Crippen LogP contribution < -0.4 is 10.9 Å². The van der Waals surface area contributed by atoms with Crippen molar-refractivity contribution in [1.29, 1.82) is 0 Å². The van der Waals surface area contributed by atoms with Gasteiger partial charge in [0, 0.05) is 5.69 Å². The average molecular weight is 355 g/mol. The Morgan fingerprint density at radius 2 is 1.85 bits per heavy atom. The van der Waals surface area contributed by atoms with E-state index in [1.807, 2.05) is 0 Å². The minimum absolute atomic E-state index is 0.121. The van der Waals surface area contributed by atoms with Gasteiger partial charge in [0.2, 0.25) is 0 Å². The van der Waals surface area contributed by atoms with Crippen molar-refractivity contribution >= 4 is 28.3 Å². The summed E-state index contributed by atoms with van der Waals surface area (Å²) < 4.78 is 22.9. The number of esters is 1. The van der Waals surface area contributed by atoms with E-state index in [4.69, 9.17) is 4.42 Å². The predicted molar refractivity (Wildman–Crippen MR) is 92.6 cm³/mol. The molecule has 3 aromatic rings. The van der Waals surface area contributed by atoms with Crippen molar-refractivity contribution in [2.24, 2.45) is 0 Å². The summed E-state index contributed by atoms with van der Waals surface area (Å²) >= 11 is 0. The molecule has 26 heavy (non-hydrogen) atoms. The number of anilines is 1. The minimum atomic E-state index is -0.721. The lowest BCUT2D eigenvalue weighted by Crippen LogP contribution is -2.15. The molecule has 0 aliphatic heterocycles. The Kier molecular flexibility index (Phi) is 4.79. The summed E-state index contributed by atoms with van der Waals surface area (Å²) in [5.41, 5.74) is 0.453. The molecule has 0 radical (unpaired) electrons. The molecule has 7 heteroatoms. The van der Waals surface area contributed by atoms with Gasteiger partial charge in [0.15, 0.2) is 5.76 Å². The number of rotatable bonds is 4. The van der Waals surface area contributed by atoms with E-state index in [0.29, 0.717) is 5.69 Å². The van der Waals surface area contributed by atoms with Gasteiger partial charge >= 0.3 is 11.6 Å². The summed E-state index contributed by atoms with van der Waals surface area (Å²) in [5.74, 6) is -1.76. The normalized spacial score (nSPS) is 10.5. The van der Waals surface area contributed by atoms with E-state index in [1.54, 1.807) is 24.3 Å². The molecule has 6 nitrogen and oxygen atoms in total. The lowest BCUT2D eigenvalue weighted by Gasteiger charge is -2.06. The number of hydrogen-bond donors (Lipinski definition) is 1. The summed E-state index contributed by atoms with van der Waals surface area (Å²) in [6.07, 6.45) is 0.121. The molecule has 0 bridgehead atoms. The van der Waals surface area contributed by atoms with Crippen molar-refractivity contribution in [1.82, 2.24) is 0 Å². The number of carbonyl (C=O) groups is 2. The van der Waals surface area contributed by atoms with Gasteiger partial charge in [0.1, 0.15) is 5.82 Å². The molecule has 0 spiro atoms. The third-order valence-corrected chi connectivity index (χ3v) is 3.73. The van der Waals surface area contributed by atoms with Gasteiger partial charge in [-0.3, -0.25) is 9.59 Å². The molecular weight excluding hydrogens is 341 g/mol. The third kappa shape index (κ3) is 3.77. The van der Waals surface area contributed by atoms with Crippen molar-refractivity contribution < 1.29 is 23.1 Å². The second-order valence-electron chi connectivity index (χ2n) is 5.53. The summed E-state index contributed by atoms with van der Waals surface area (Å²) in [6, 6.07) is 11.5. The molecule has 0 fully saturated rings. The standard InChI is InChI=1S/C19H14FNO5/c1-25-17(22)8-11-2-5-14(6-3-11)21-18(23)16-10-12-9-13(20)4-7-15(12)19(24)26-16/h2-7,9-10H,8H2,1H3,(H,21,23). The van der Waals surface area contributed by atoms with Crippen LogP contribution in [0.15, 0.2) is 57.7 Å². The Hall–Kier alpha value is -3.48.